The second-order valence-corrected chi connectivity index (χ2v) is 4.84. The van der Waals surface area contributed by atoms with E-state index in [9.17, 15) is 4.79 Å². The van der Waals surface area contributed by atoms with Crippen molar-refractivity contribution in [1.82, 2.24) is 15.0 Å². The average molecular weight is 276 g/mol. The largest absolute Gasteiger partial charge is 0.481 e. The van der Waals surface area contributed by atoms with Crippen molar-refractivity contribution in [3.8, 4) is 0 Å². The normalized spacial score (nSPS) is 12.9. The van der Waals surface area contributed by atoms with Crippen molar-refractivity contribution < 1.29 is 9.90 Å². The Labute approximate surface area is 113 Å². The van der Waals surface area contributed by atoms with Crippen molar-refractivity contribution in [1.29, 1.82) is 0 Å². The summed E-state index contributed by atoms with van der Waals surface area (Å²) in [6.07, 6.45) is 3.13. The van der Waals surface area contributed by atoms with Crippen LogP contribution in [0.2, 0.25) is 5.02 Å². The second kappa shape index (κ2) is 4.20. The minimum Gasteiger partial charge on any atom is -0.481 e. The summed E-state index contributed by atoms with van der Waals surface area (Å²) in [6, 6.07) is 3.58. The van der Waals surface area contributed by atoms with Gasteiger partial charge in [0, 0.05) is 17.8 Å². The molecule has 0 saturated carbocycles. The molecule has 0 saturated heterocycles. The number of carbonyl (C=O) groups is 1. The number of aromatic nitrogens is 3. The summed E-state index contributed by atoms with van der Waals surface area (Å²) in [5.74, 6) is -1.47. The number of fused-ring (bicyclic) bond motifs is 3. The topological polar surface area (TPSA) is 78.9 Å². The van der Waals surface area contributed by atoms with Crippen LogP contribution in [0.3, 0.4) is 0 Å². The van der Waals surface area contributed by atoms with Crippen LogP contribution in [0.1, 0.15) is 18.4 Å². The highest BCUT2D eigenvalue weighted by Gasteiger charge is 2.16. The predicted molar refractivity (Wildman–Crippen MR) is 72.5 cm³/mol. The molecule has 19 heavy (non-hydrogen) atoms. The van der Waals surface area contributed by atoms with Crippen LogP contribution in [0.25, 0.3) is 22.1 Å². The molecule has 0 spiro atoms. The fraction of sp³-hybridized carbons (Fsp3) is 0.154. The van der Waals surface area contributed by atoms with Gasteiger partial charge in [0.05, 0.1) is 22.0 Å². The number of hydrogen-bond acceptors (Lipinski definition) is 3. The quantitative estimate of drug-likeness (QED) is 0.754. The summed E-state index contributed by atoms with van der Waals surface area (Å²) < 4.78 is 0. The molecule has 0 aliphatic carbocycles. The van der Waals surface area contributed by atoms with Gasteiger partial charge in [-0.3, -0.25) is 9.78 Å². The molecule has 0 aliphatic heterocycles. The number of nitrogens with zero attached hydrogens (tertiary/aromatic N) is 2. The molecule has 3 aromatic rings. The average Bonchev–Trinajstić information content (AvgIpc) is 2.74. The molecule has 0 radical (unpaired) electrons. The maximum Gasteiger partial charge on any atom is 0.310 e. The molecular formula is C13H10ClN3O2. The van der Waals surface area contributed by atoms with Gasteiger partial charge in [-0.15, -0.1) is 0 Å². The van der Waals surface area contributed by atoms with E-state index < -0.39 is 11.9 Å². The molecule has 2 N–H and O–H groups in total. The van der Waals surface area contributed by atoms with Gasteiger partial charge in [0.2, 0.25) is 0 Å². The zero-order chi connectivity index (χ0) is 13.6. The second-order valence-electron chi connectivity index (χ2n) is 4.40. The van der Waals surface area contributed by atoms with Gasteiger partial charge in [-0.25, -0.2) is 4.98 Å². The number of nitrogens with one attached hydrogen (secondary N) is 1. The Morgan fingerprint density at radius 1 is 1.37 bits per heavy atom. The Morgan fingerprint density at radius 2 is 2.16 bits per heavy atom. The monoisotopic (exact) mass is 275 g/mol. The first-order valence-corrected chi connectivity index (χ1v) is 6.10. The standard InChI is InChI=1S/C13H10ClN3O2/c1-6(13(18)19)7-2-10-11(15-4-7)9-3-8(14)5-16-12(9)17-10/h2-6H,1H3,(H,16,17)(H,18,19)/t6-/m0/s1. The number of aliphatic carboxylic acids is 1. The lowest BCUT2D eigenvalue weighted by molar-refractivity contribution is -0.138. The lowest BCUT2D eigenvalue weighted by Gasteiger charge is -2.05. The van der Waals surface area contributed by atoms with Crippen LogP contribution >= 0.6 is 11.6 Å². The molecule has 3 heterocycles. The molecule has 0 aliphatic rings. The predicted octanol–water partition coefficient (Wildman–Crippen LogP) is 2.95. The number of carboxylic acid groups (broad SMARTS) is 1. The van der Waals surface area contributed by atoms with Gasteiger partial charge in [0.1, 0.15) is 5.65 Å². The van der Waals surface area contributed by atoms with Crippen molar-refractivity contribution >= 4 is 39.6 Å². The summed E-state index contributed by atoms with van der Waals surface area (Å²) in [4.78, 5) is 22.6. The lowest BCUT2D eigenvalue weighted by Crippen LogP contribution is -2.07. The minimum absolute atomic E-state index is 0.540. The molecule has 0 amide bonds. The number of pyridine rings is 2. The molecule has 0 fully saturated rings. The van der Waals surface area contributed by atoms with Gasteiger partial charge in [0.15, 0.2) is 0 Å². The van der Waals surface area contributed by atoms with Gasteiger partial charge in [-0.2, -0.15) is 0 Å². The van der Waals surface area contributed by atoms with E-state index in [4.69, 9.17) is 16.7 Å². The zero-order valence-corrected chi connectivity index (χ0v) is 10.8. The van der Waals surface area contributed by atoms with E-state index in [1.54, 1.807) is 31.5 Å². The Kier molecular flexibility index (Phi) is 2.64. The van der Waals surface area contributed by atoms with E-state index in [0.717, 1.165) is 16.4 Å². The number of carboxylic acids is 1. The number of aromatic amines is 1. The summed E-state index contributed by atoms with van der Waals surface area (Å²) >= 11 is 5.92. The Bertz CT molecular complexity index is 797. The van der Waals surface area contributed by atoms with E-state index in [2.05, 4.69) is 15.0 Å². The third-order valence-corrected chi connectivity index (χ3v) is 3.35. The summed E-state index contributed by atoms with van der Waals surface area (Å²) in [6.45, 7) is 1.63. The van der Waals surface area contributed by atoms with E-state index in [1.807, 2.05) is 0 Å². The van der Waals surface area contributed by atoms with Crippen molar-refractivity contribution in [3.05, 3.63) is 35.1 Å². The van der Waals surface area contributed by atoms with Gasteiger partial charge in [-0.05, 0) is 24.6 Å². The van der Waals surface area contributed by atoms with Crippen LogP contribution in [0.4, 0.5) is 0 Å². The number of H-pyrrole nitrogens is 1. The maximum absolute atomic E-state index is 11.0. The zero-order valence-electron chi connectivity index (χ0n) is 10.0. The van der Waals surface area contributed by atoms with E-state index in [1.165, 1.54) is 0 Å². The highest BCUT2D eigenvalue weighted by atomic mass is 35.5. The fourth-order valence-electron chi connectivity index (χ4n) is 2.02. The third-order valence-electron chi connectivity index (χ3n) is 3.14. The molecule has 5 nitrogen and oxygen atoms in total. The molecule has 0 aromatic carbocycles. The third kappa shape index (κ3) is 1.92. The lowest BCUT2D eigenvalue weighted by atomic mass is 10.0. The van der Waals surface area contributed by atoms with Gasteiger partial charge < -0.3 is 10.1 Å². The minimum atomic E-state index is -0.876. The number of rotatable bonds is 2. The molecule has 0 bridgehead atoms. The van der Waals surface area contributed by atoms with E-state index in [0.29, 0.717) is 16.2 Å². The van der Waals surface area contributed by atoms with Gasteiger partial charge in [-0.1, -0.05) is 11.6 Å². The highest BCUT2D eigenvalue weighted by Crippen LogP contribution is 2.26. The Morgan fingerprint density at radius 3 is 2.89 bits per heavy atom. The van der Waals surface area contributed by atoms with Crippen LogP contribution in [-0.4, -0.2) is 26.0 Å². The first kappa shape index (κ1) is 11.9. The van der Waals surface area contributed by atoms with Crippen LogP contribution in [0.5, 0.6) is 0 Å². The molecule has 3 aromatic heterocycles. The van der Waals surface area contributed by atoms with Crippen molar-refractivity contribution in [2.45, 2.75) is 12.8 Å². The van der Waals surface area contributed by atoms with Gasteiger partial charge >= 0.3 is 5.97 Å². The molecular weight excluding hydrogens is 266 g/mol. The van der Waals surface area contributed by atoms with Crippen molar-refractivity contribution in [2.75, 3.05) is 0 Å². The summed E-state index contributed by atoms with van der Waals surface area (Å²) in [7, 11) is 0. The highest BCUT2D eigenvalue weighted by molar-refractivity contribution is 6.31. The van der Waals surface area contributed by atoms with Crippen LogP contribution in [0, 0.1) is 0 Å². The van der Waals surface area contributed by atoms with Crippen LogP contribution in [-0.2, 0) is 4.79 Å². The maximum atomic E-state index is 11.0. The Hall–Kier alpha value is -2.14. The van der Waals surface area contributed by atoms with Gasteiger partial charge in [0.25, 0.3) is 0 Å². The summed E-state index contributed by atoms with van der Waals surface area (Å²) in [5.41, 5.74) is 2.84. The Balaban J connectivity index is 2.24. The first-order valence-electron chi connectivity index (χ1n) is 5.72. The molecule has 0 unspecified atom stereocenters. The number of halogens is 1. The molecule has 1 atom stereocenters. The SMILES string of the molecule is C[C@H](C(=O)O)c1cnc2c(c1)[nH]c1ncc(Cl)cc12. The van der Waals surface area contributed by atoms with Crippen molar-refractivity contribution in [3.63, 3.8) is 0 Å². The van der Waals surface area contributed by atoms with E-state index >= 15 is 0 Å². The number of hydrogen-bond donors (Lipinski definition) is 2. The smallest absolute Gasteiger partial charge is 0.310 e. The summed E-state index contributed by atoms with van der Waals surface area (Å²) in [5, 5.41) is 10.4. The molecule has 6 heteroatoms. The van der Waals surface area contributed by atoms with Crippen molar-refractivity contribution in [2.24, 2.45) is 0 Å². The fourth-order valence-corrected chi connectivity index (χ4v) is 2.18. The van der Waals surface area contributed by atoms with Crippen LogP contribution in [0.15, 0.2) is 24.5 Å². The first-order chi connectivity index (χ1) is 9.06. The van der Waals surface area contributed by atoms with E-state index in [-0.39, 0.29) is 0 Å². The molecule has 3 rings (SSSR count). The molecule has 96 valence electrons. The van der Waals surface area contributed by atoms with Crippen LogP contribution < -0.4 is 0 Å².